The molecule has 0 amide bonds. The Hall–Kier alpha value is -1.51. The van der Waals surface area contributed by atoms with Crippen LogP contribution >= 0.6 is 0 Å². The van der Waals surface area contributed by atoms with E-state index in [1.165, 1.54) is 0 Å². The predicted octanol–water partition coefficient (Wildman–Crippen LogP) is 1.46. The molecule has 0 fully saturated rings. The van der Waals surface area contributed by atoms with Gasteiger partial charge in [-0.2, -0.15) is 5.10 Å². The minimum absolute atomic E-state index is 0.787. The van der Waals surface area contributed by atoms with E-state index in [1.54, 1.807) is 0 Å². The molecule has 0 spiro atoms. The standard InChI is InChI=1S/C9H11N3/c10-8-3-1-4-9(7-8)12-6-2-5-11-12/h1,3-5,7H,2,6,10H2. The highest BCUT2D eigenvalue weighted by atomic mass is 15.5. The molecule has 62 valence electrons. The summed E-state index contributed by atoms with van der Waals surface area (Å²) in [7, 11) is 0. The monoisotopic (exact) mass is 161 g/mol. The number of nitrogens with two attached hydrogens (primary N) is 1. The second kappa shape index (κ2) is 2.85. The molecule has 0 bridgehead atoms. The molecule has 0 atom stereocenters. The topological polar surface area (TPSA) is 41.6 Å². The molecule has 1 heterocycles. The van der Waals surface area contributed by atoms with Crippen molar-refractivity contribution in [1.82, 2.24) is 0 Å². The van der Waals surface area contributed by atoms with E-state index in [9.17, 15) is 0 Å². The third kappa shape index (κ3) is 1.25. The summed E-state index contributed by atoms with van der Waals surface area (Å²) in [6.07, 6.45) is 2.94. The van der Waals surface area contributed by atoms with E-state index in [1.807, 2.05) is 35.5 Å². The number of hydrogen-bond donors (Lipinski definition) is 1. The van der Waals surface area contributed by atoms with Gasteiger partial charge in [0.05, 0.1) is 5.69 Å². The maximum absolute atomic E-state index is 5.65. The normalized spacial score (nSPS) is 15.5. The van der Waals surface area contributed by atoms with Gasteiger partial charge in [-0.25, -0.2) is 0 Å². The lowest BCUT2D eigenvalue weighted by molar-refractivity contribution is 0.922. The zero-order valence-corrected chi connectivity index (χ0v) is 6.77. The highest BCUT2D eigenvalue weighted by Gasteiger charge is 2.07. The van der Waals surface area contributed by atoms with Crippen molar-refractivity contribution in [2.45, 2.75) is 6.42 Å². The van der Waals surface area contributed by atoms with Gasteiger partial charge in [0.15, 0.2) is 0 Å². The van der Waals surface area contributed by atoms with Crippen LogP contribution in [0.3, 0.4) is 0 Å². The zero-order chi connectivity index (χ0) is 8.39. The van der Waals surface area contributed by atoms with Crippen LogP contribution in [0.25, 0.3) is 0 Å². The molecule has 3 nitrogen and oxygen atoms in total. The van der Waals surface area contributed by atoms with E-state index in [2.05, 4.69) is 5.10 Å². The van der Waals surface area contributed by atoms with E-state index in [0.29, 0.717) is 0 Å². The summed E-state index contributed by atoms with van der Waals surface area (Å²) in [6.45, 7) is 0.962. The average molecular weight is 161 g/mol. The van der Waals surface area contributed by atoms with Gasteiger partial charge in [-0.1, -0.05) is 6.07 Å². The molecule has 1 aliphatic rings. The zero-order valence-electron chi connectivity index (χ0n) is 6.77. The average Bonchev–Trinajstić information content (AvgIpc) is 2.56. The van der Waals surface area contributed by atoms with Gasteiger partial charge in [0.2, 0.25) is 0 Å². The first-order chi connectivity index (χ1) is 5.86. The van der Waals surface area contributed by atoms with Crippen LogP contribution in [0.2, 0.25) is 0 Å². The fraction of sp³-hybridized carbons (Fsp3) is 0.222. The predicted molar refractivity (Wildman–Crippen MR) is 51.3 cm³/mol. The van der Waals surface area contributed by atoms with Crippen LogP contribution < -0.4 is 10.7 Å². The van der Waals surface area contributed by atoms with Gasteiger partial charge >= 0.3 is 0 Å². The molecule has 0 radical (unpaired) electrons. The minimum Gasteiger partial charge on any atom is -0.399 e. The first kappa shape index (κ1) is 7.16. The van der Waals surface area contributed by atoms with Crippen LogP contribution in [-0.4, -0.2) is 12.8 Å². The molecule has 1 aromatic carbocycles. The van der Waals surface area contributed by atoms with Gasteiger partial charge in [-0.3, -0.25) is 5.01 Å². The molecule has 0 unspecified atom stereocenters. The lowest BCUT2D eigenvalue weighted by Gasteiger charge is -2.13. The molecule has 3 heteroatoms. The van der Waals surface area contributed by atoms with Crippen LogP contribution in [0.1, 0.15) is 6.42 Å². The lowest BCUT2D eigenvalue weighted by Crippen LogP contribution is -2.11. The first-order valence-electron chi connectivity index (χ1n) is 4.02. The molecule has 0 aromatic heterocycles. The van der Waals surface area contributed by atoms with Gasteiger partial charge in [-0.15, -0.1) is 0 Å². The van der Waals surface area contributed by atoms with Crippen LogP contribution in [0.4, 0.5) is 11.4 Å². The Balaban J connectivity index is 2.27. The van der Waals surface area contributed by atoms with E-state index in [0.717, 1.165) is 24.3 Å². The Morgan fingerprint density at radius 3 is 3.00 bits per heavy atom. The Bertz CT molecular complexity index is 306. The maximum Gasteiger partial charge on any atom is 0.0614 e. The van der Waals surface area contributed by atoms with Crippen molar-refractivity contribution in [2.24, 2.45) is 5.10 Å². The fourth-order valence-corrected chi connectivity index (χ4v) is 1.28. The summed E-state index contributed by atoms with van der Waals surface area (Å²) in [5, 5.41) is 6.15. The Kier molecular flexibility index (Phi) is 1.70. The molecule has 1 aliphatic heterocycles. The summed E-state index contributed by atoms with van der Waals surface area (Å²) in [4.78, 5) is 0. The van der Waals surface area contributed by atoms with E-state index < -0.39 is 0 Å². The number of anilines is 2. The molecule has 0 saturated heterocycles. The highest BCUT2D eigenvalue weighted by molar-refractivity contribution is 5.66. The second-order valence-corrected chi connectivity index (χ2v) is 2.80. The quantitative estimate of drug-likeness (QED) is 0.633. The highest BCUT2D eigenvalue weighted by Crippen LogP contribution is 2.19. The van der Waals surface area contributed by atoms with Crippen molar-refractivity contribution in [2.75, 3.05) is 17.3 Å². The van der Waals surface area contributed by atoms with E-state index in [4.69, 9.17) is 5.73 Å². The van der Waals surface area contributed by atoms with Gasteiger partial charge in [0.25, 0.3) is 0 Å². The second-order valence-electron chi connectivity index (χ2n) is 2.80. The van der Waals surface area contributed by atoms with Crippen molar-refractivity contribution in [1.29, 1.82) is 0 Å². The van der Waals surface area contributed by atoms with Crippen LogP contribution in [0.5, 0.6) is 0 Å². The molecule has 0 aliphatic carbocycles. The third-order valence-corrected chi connectivity index (χ3v) is 1.86. The van der Waals surface area contributed by atoms with Crippen molar-refractivity contribution in [3.05, 3.63) is 24.3 Å². The number of rotatable bonds is 1. The van der Waals surface area contributed by atoms with Crippen molar-refractivity contribution in [3.63, 3.8) is 0 Å². The number of hydrogen-bond acceptors (Lipinski definition) is 3. The van der Waals surface area contributed by atoms with E-state index >= 15 is 0 Å². The summed E-state index contributed by atoms with van der Waals surface area (Å²) < 4.78 is 0. The van der Waals surface area contributed by atoms with Gasteiger partial charge in [0.1, 0.15) is 0 Å². The molecule has 12 heavy (non-hydrogen) atoms. The largest absolute Gasteiger partial charge is 0.399 e. The molecular weight excluding hydrogens is 150 g/mol. The summed E-state index contributed by atoms with van der Waals surface area (Å²) in [5.41, 5.74) is 7.51. The Morgan fingerprint density at radius 2 is 2.33 bits per heavy atom. The third-order valence-electron chi connectivity index (χ3n) is 1.86. The molecule has 1 aromatic rings. The summed E-state index contributed by atoms with van der Waals surface area (Å²) in [6, 6.07) is 7.77. The van der Waals surface area contributed by atoms with Crippen molar-refractivity contribution < 1.29 is 0 Å². The molecule has 2 N–H and O–H groups in total. The van der Waals surface area contributed by atoms with Gasteiger partial charge in [0, 0.05) is 24.9 Å². The van der Waals surface area contributed by atoms with Crippen LogP contribution in [-0.2, 0) is 0 Å². The van der Waals surface area contributed by atoms with Crippen molar-refractivity contribution >= 4 is 17.6 Å². The van der Waals surface area contributed by atoms with Crippen molar-refractivity contribution in [3.8, 4) is 0 Å². The van der Waals surface area contributed by atoms with Gasteiger partial charge in [-0.05, 0) is 18.2 Å². The smallest absolute Gasteiger partial charge is 0.0614 e. The summed E-state index contributed by atoms with van der Waals surface area (Å²) >= 11 is 0. The van der Waals surface area contributed by atoms with Gasteiger partial charge < -0.3 is 5.73 Å². The minimum atomic E-state index is 0.787. The number of benzene rings is 1. The van der Waals surface area contributed by atoms with E-state index in [-0.39, 0.29) is 0 Å². The SMILES string of the molecule is Nc1cccc(N2CCC=N2)c1. The molecule has 0 saturated carbocycles. The maximum atomic E-state index is 5.65. The number of nitrogens with zero attached hydrogens (tertiary/aromatic N) is 2. The molecule has 2 rings (SSSR count). The first-order valence-corrected chi connectivity index (χ1v) is 4.02. The Labute approximate surface area is 71.5 Å². The van der Waals surface area contributed by atoms with Crippen LogP contribution in [0, 0.1) is 0 Å². The van der Waals surface area contributed by atoms with Crippen LogP contribution in [0.15, 0.2) is 29.4 Å². The molecular formula is C9H11N3. The Morgan fingerprint density at radius 1 is 1.42 bits per heavy atom. The fourth-order valence-electron chi connectivity index (χ4n) is 1.28. The number of nitrogen functional groups attached to an aromatic ring is 1. The number of hydrazone groups is 1. The lowest BCUT2D eigenvalue weighted by atomic mass is 10.3. The summed E-state index contributed by atoms with van der Waals surface area (Å²) in [5.74, 6) is 0.